The number of amides is 1. The summed E-state index contributed by atoms with van der Waals surface area (Å²) in [6.45, 7) is 1.46. The zero-order valence-electron chi connectivity index (χ0n) is 15.7. The zero-order chi connectivity index (χ0) is 18.5. The molecule has 3 rings (SSSR count). The van der Waals surface area contributed by atoms with E-state index in [0.29, 0.717) is 34.8 Å². The van der Waals surface area contributed by atoms with Crippen LogP contribution in [0.1, 0.15) is 44.9 Å². The Morgan fingerprint density at radius 3 is 2.42 bits per heavy atom. The summed E-state index contributed by atoms with van der Waals surface area (Å²) >= 11 is 6.19. The Morgan fingerprint density at radius 2 is 1.81 bits per heavy atom. The summed E-state index contributed by atoms with van der Waals surface area (Å²) in [5.74, 6) is 1.79. The normalized spacial score (nSPS) is 18.0. The molecule has 0 unspecified atom stereocenters. The molecule has 1 amide bonds. The van der Waals surface area contributed by atoms with Gasteiger partial charge in [0.15, 0.2) is 0 Å². The molecule has 1 N–H and O–H groups in total. The van der Waals surface area contributed by atoms with Gasteiger partial charge < -0.3 is 14.8 Å². The third-order valence-corrected chi connectivity index (χ3v) is 5.67. The Labute approximate surface area is 161 Å². The van der Waals surface area contributed by atoms with E-state index < -0.39 is 0 Å². The summed E-state index contributed by atoms with van der Waals surface area (Å²) < 4.78 is 10.6. The molecule has 0 spiro atoms. The van der Waals surface area contributed by atoms with Crippen LogP contribution in [0.2, 0.25) is 5.02 Å². The molecule has 0 atom stereocenters. The van der Waals surface area contributed by atoms with Crippen LogP contribution in [-0.4, -0.2) is 44.2 Å². The van der Waals surface area contributed by atoms with Crippen LogP contribution in [0.15, 0.2) is 12.1 Å². The molecule has 1 aromatic rings. The van der Waals surface area contributed by atoms with Crippen LogP contribution in [0.3, 0.4) is 0 Å². The van der Waals surface area contributed by atoms with Crippen LogP contribution in [0.4, 0.5) is 5.69 Å². The molecule has 0 bridgehead atoms. The quantitative estimate of drug-likeness (QED) is 0.728. The standard InChI is InChI=1S/C20H29ClN2O3/c1-25-18-11-19(26-2)17(10-16(18)21)22-20(24)13-23(15-8-9-15)12-14-6-4-3-5-7-14/h10-11,14-15H,3-9,12-13H2,1-2H3,(H,22,24). The fraction of sp³-hybridized carbons (Fsp3) is 0.650. The molecule has 2 fully saturated rings. The van der Waals surface area contributed by atoms with Gasteiger partial charge in [-0.25, -0.2) is 0 Å². The number of nitrogens with zero attached hydrogens (tertiary/aromatic N) is 1. The largest absolute Gasteiger partial charge is 0.495 e. The van der Waals surface area contributed by atoms with Crippen molar-refractivity contribution >= 4 is 23.2 Å². The van der Waals surface area contributed by atoms with Crippen molar-refractivity contribution in [2.24, 2.45) is 5.92 Å². The molecule has 0 saturated heterocycles. The Kier molecular flexibility index (Phi) is 6.65. The van der Waals surface area contributed by atoms with Gasteiger partial charge in [-0.2, -0.15) is 0 Å². The van der Waals surface area contributed by atoms with Crippen LogP contribution in [0.5, 0.6) is 11.5 Å². The van der Waals surface area contributed by atoms with Crippen molar-refractivity contribution in [2.45, 2.75) is 51.0 Å². The molecule has 144 valence electrons. The summed E-state index contributed by atoms with van der Waals surface area (Å²) in [5.41, 5.74) is 0.580. The summed E-state index contributed by atoms with van der Waals surface area (Å²) in [7, 11) is 3.12. The van der Waals surface area contributed by atoms with Gasteiger partial charge in [0.1, 0.15) is 11.5 Å². The fourth-order valence-corrected chi connectivity index (χ4v) is 4.06. The van der Waals surface area contributed by atoms with Crippen molar-refractivity contribution in [2.75, 3.05) is 32.6 Å². The first-order valence-corrected chi connectivity index (χ1v) is 9.94. The molecular formula is C20H29ClN2O3. The lowest BCUT2D eigenvalue weighted by Crippen LogP contribution is -2.38. The number of methoxy groups -OCH3 is 2. The molecule has 2 aliphatic carbocycles. The first kappa shape index (κ1) is 19.3. The second-order valence-corrected chi connectivity index (χ2v) is 7.81. The molecular weight excluding hydrogens is 352 g/mol. The summed E-state index contributed by atoms with van der Waals surface area (Å²) in [4.78, 5) is 15.0. The number of hydrogen-bond acceptors (Lipinski definition) is 4. The Bertz CT molecular complexity index is 628. The Hall–Kier alpha value is -1.46. The van der Waals surface area contributed by atoms with Gasteiger partial charge in [-0.15, -0.1) is 0 Å². The van der Waals surface area contributed by atoms with Crippen molar-refractivity contribution in [3.05, 3.63) is 17.2 Å². The maximum atomic E-state index is 12.6. The van der Waals surface area contributed by atoms with Crippen LogP contribution in [0, 0.1) is 5.92 Å². The lowest BCUT2D eigenvalue weighted by molar-refractivity contribution is -0.117. The minimum atomic E-state index is -0.0211. The maximum Gasteiger partial charge on any atom is 0.238 e. The molecule has 0 aromatic heterocycles. The van der Waals surface area contributed by atoms with Crippen molar-refractivity contribution < 1.29 is 14.3 Å². The van der Waals surface area contributed by atoms with Crippen molar-refractivity contribution in [1.82, 2.24) is 4.90 Å². The van der Waals surface area contributed by atoms with Gasteiger partial charge >= 0.3 is 0 Å². The van der Waals surface area contributed by atoms with Crippen LogP contribution in [0.25, 0.3) is 0 Å². The van der Waals surface area contributed by atoms with Gasteiger partial charge in [-0.3, -0.25) is 9.69 Å². The third-order valence-electron chi connectivity index (χ3n) is 5.38. The van der Waals surface area contributed by atoms with E-state index in [4.69, 9.17) is 21.1 Å². The lowest BCUT2D eigenvalue weighted by Gasteiger charge is -2.29. The monoisotopic (exact) mass is 380 g/mol. The number of hydrogen-bond donors (Lipinski definition) is 1. The highest BCUT2D eigenvalue weighted by Crippen LogP contribution is 2.36. The van der Waals surface area contributed by atoms with Crippen LogP contribution in [-0.2, 0) is 4.79 Å². The molecule has 26 heavy (non-hydrogen) atoms. The predicted molar refractivity (Wildman–Crippen MR) is 104 cm³/mol. The van der Waals surface area contributed by atoms with E-state index in [2.05, 4.69) is 10.2 Å². The molecule has 2 saturated carbocycles. The maximum absolute atomic E-state index is 12.6. The SMILES string of the molecule is COc1cc(OC)c(NC(=O)CN(CC2CCCCC2)C2CC2)cc1Cl. The number of carbonyl (C=O) groups excluding carboxylic acids is 1. The highest BCUT2D eigenvalue weighted by Gasteiger charge is 2.32. The van der Waals surface area contributed by atoms with Crippen LogP contribution >= 0.6 is 11.6 Å². The molecule has 0 heterocycles. The van der Waals surface area contributed by atoms with Gasteiger partial charge in [0.2, 0.25) is 5.91 Å². The molecule has 0 aliphatic heterocycles. The van der Waals surface area contributed by atoms with Crippen molar-refractivity contribution in [1.29, 1.82) is 0 Å². The van der Waals surface area contributed by atoms with E-state index in [-0.39, 0.29) is 5.91 Å². The molecule has 2 aliphatic rings. The highest BCUT2D eigenvalue weighted by molar-refractivity contribution is 6.32. The topological polar surface area (TPSA) is 50.8 Å². The average Bonchev–Trinajstić information content (AvgIpc) is 3.47. The second-order valence-electron chi connectivity index (χ2n) is 7.40. The minimum Gasteiger partial charge on any atom is -0.495 e. The number of carbonyl (C=O) groups is 1. The van der Waals surface area contributed by atoms with E-state index in [1.165, 1.54) is 44.9 Å². The van der Waals surface area contributed by atoms with Crippen molar-refractivity contribution in [3.63, 3.8) is 0 Å². The van der Waals surface area contributed by atoms with Crippen molar-refractivity contribution in [3.8, 4) is 11.5 Å². The summed E-state index contributed by atoms with van der Waals surface area (Å²) in [6.07, 6.45) is 9.03. The second kappa shape index (κ2) is 8.96. The van der Waals surface area contributed by atoms with Crippen LogP contribution < -0.4 is 14.8 Å². The minimum absolute atomic E-state index is 0.0211. The Morgan fingerprint density at radius 1 is 1.12 bits per heavy atom. The lowest BCUT2D eigenvalue weighted by atomic mass is 9.89. The smallest absolute Gasteiger partial charge is 0.238 e. The van der Waals surface area contributed by atoms with Gasteiger partial charge in [0.25, 0.3) is 0 Å². The highest BCUT2D eigenvalue weighted by atomic mass is 35.5. The molecule has 1 aromatic carbocycles. The summed E-state index contributed by atoms with van der Waals surface area (Å²) in [5, 5.41) is 3.41. The number of benzene rings is 1. The molecule has 5 nitrogen and oxygen atoms in total. The van der Waals surface area contributed by atoms with Gasteiger partial charge in [-0.1, -0.05) is 30.9 Å². The number of rotatable bonds is 8. The predicted octanol–water partition coefficient (Wildman–Crippen LogP) is 4.34. The van der Waals surface area contributed by atoms with E-state index in [1.54, 1.807) is 26.4 Å². The van der Waals surface area contributed by atoms with Gasteiger partial charge in [0, 0.05) is 18.7 Å². The van der Waals surface area contributed by atoms with E-state index >= 15 is 0 Å². The number of halogens is 1. The van der Waals surface area contributed by atoms with E-state index in [9.17, 15) is 4.79 Å². The number of nitrogens with one attached hydrogen (secondary N) is 1. The fourth-order valence-electron chi connectivity index (χ4n) is 3.82. The number of ether oxygens (including phenoxy) is 2. The van der Waals surface area contributed by atoms with E-state index in [1.807, 2.05) is 0 Å². The van der Waals surface area contributed by atoms with Gasteiger partial charge in [-0.05, 0) is 37.7 Å². The first-order valence-electron chi connectivity index (χ1n) is 9.56. The number of anilines is 1. The molecule has 6 heteroatoms. The third kappa shape index (κ3) is 5.04. The van der Waals surface area contributed by atoms with E-state index in [0.717, 1.165) is 12.5 Å². The zero-order valence-corrected chi connectivity index (χ0v) is 16.5. The Balaban J connectivity index is 1.62. The first-order chi connectivity index (χ1) is 12.6. The average molecular weight is 381 g/mol. The van der Waals surface area contributed by atoms with Gasteiger partial charge in [0.05, 0.1) is 31.5 Å². The molecule has 0 radical (unpaired) electrons. The summed E-state index contributed by atoms with van der Waals surface area (Å²) in [6, 6.07) is 3.95.